The molecule has 0 heterocycles. The summed E-state index contributed by atoms with van der Waals surface area (Å²) in [6.45, 7) is 8.36. The van der Waals surface area contributed by atoms with Gasteiger partial charge in [-0.1, -0.05) is 27.7 Å². The topological polar surface area (TPSA) is 88.4 Å². The molecule has 1 atom stereocenters. The van der Waals surface area contributed by atoms with Gasteiger partial charge < -0.3 is 20.1 Å². The normalized spacial score (nSPS) is 15.8. The third-order valence-corrected chi connectivity index (χ3v) is 3.81. The van der Waals surface area contributed by atoms with Gasteiger partial charge in [0.15, 0.2) is 0 Å². The number of ether oxygens (including phenoxy) is 1. The van der Waals surface area contributed by atoms with E-state index in [0.717, 1.165) is 6.42 Å². The molecule has 0 spiro atoms. The van der Waals surface area contributed by atoms with Gasteiger partial charge in [-0.25, -0.2) is 9.78 Å². The number of hydrogen-bond acceptors (Lipinski definition) is 6. The number of aliphatic hydroxyl groups excluding tert-OH is 3. The maximum Gasteiger partial charge on any atom is 0.0922 e. The molecule has 0 amide bonds. The van der Waals surface area contributed by atoms with Crippen molar-refractivity contribution in [3.63, 3.8) is 0 Å². The maximum atomic E-state index is 9.61. The Morgan fingerprint density at radius 3 is 1.68 bits per heavy atom. The van der Waals surface area contributed by atoms with Gasteiger partial charge in [0.05, 0.1) is 39.6 Å². The lowest BCUT2D eigenvalue weighted by Crippen LogP contribution is -2.37. The molecule has 0 aliphatic carbocycles. The van der Waals surface area contributed by atoms with Crippen LogP contribution in [0.1, 0.15) is 40.5 Å². The summed E-state index contributed by atoms with van der Waals surface area (Å²) in [6.07, 6.45) is 1.50. The molecule has 3 N–H and O–H groups in total. The zero-order valence-corrected chi connectivity index (χ0v) is 14.7. The van der Waals surface area contributed by atoms with Crippen LogP contribution in [0.4, 0.5) is 0 Å². The SMILES string of the molecule is COCC(C)(CO)COOCC(CO)(CO)CCC(C)(C)C. The number of rotatable bonds is 12. The van der Waals surface area contributed by atoms with Crippen molar-refractivity contribution in [2.45, 2.75) is 40.5 Å². The number of methoxy groups -OCH3 is 1. The van der Waals surface area contributed by atoms with E-state index >= 15 is 0 Å². The van der Waals surface area contributed by atoms with Crippen LogP contribution >= 0.6 is 0 Å². The van der Waals surface area contributed by atoms with Crippen molar-refractivity contribution in [2.24, 2.45) is 16.2 Å². The summed E-state index contributed by atoms with van der Waals surface area (Å²) in [7, 11) is 1.56. The van der Waals surface area contributed by atoms with E-state index < -0.39 is 10.8 Å². The molecule has 0 saturated carbocycles. The zero-order valence-electron chi connectivity index (χ0n) is 14.7. The van der Waals surface area contributed by atoms with Gasteiger partial charge in [0.2, 0.25) is 0 Å². The van der Waals surface area contributed by atoms with Crippen LogP contribution in [0.2, 0.25) is 0 Å². The van der Waals surface area contributed by atoms with Crippen molar-refractivity contribution in [1.29, 1.82) is 0 Å². The van der Waals surface area contributed by atoms with E-state index in [4.69, 9.17) is 14.5 Å². The Balaban J connectivity index is 4.36. The lowest BCUT2D eigenvalue weighted by molar-refractivity contribution is -0.330. The quantitative estimate of drug-likeness (QED) is 0.286. The lowest BCUT2D eigenvalue weighted by atomic mass is 9.79. The monoisotopic (exact) mass is 322 g/mol. The van der Waals surface area contributed by atoms with Gasteiger partial charge in [0, 0.05) is 17.9 Å². The first-order valence-electron chi connectivity index (χ1n) is 7.72. The maximum absolute atomic E-state index is 9.61. The fraction of sp³-hybridized carbons (Fsp3) is 1.00. The van der Waals surface area contributed by atoms with Crippen LogP contribution in [-0.4, -0.2) is 62.1 Å². The van der Waals surface area contributed by atoms with Gasteiger partial charge in [-0.05, 0) is 18.3 Å². The molecule has 0 aromatic carbocycles. The van der Waals surface area contributed by atoms with Crippen molar-refractivity contribution in [3.8, 4) is 0 Å². The molecule has 0 aliphatic rings. The second-order valence-corrected chi connectivity index (χ2v) is 7.80. The minimum atomic E-state index is -0.718. The fourth-order valence-electron chi connectivity index (χ4n) is 1.84. The van der Waals surface area contributed by atoms with Crippen LogP contribution in [0, 0.1) is 16.2 Å². The summed E-state index contributed by atoms with van der Waals surface area (Å²) in [6, 6.07) is 0. The van der Waals surface area contributed by atoms with Gasteiger partial charge in [0.25, 0.3) is 0 Å². The van der Waals surface area contributed by atoms with Gasteiger partial charge >= 0.3 is 0 Å². The highest BCUT2D eigenvalue weighted by atomic mass is 17.2. The van der Waals surface area contributed by atoms with Gasteiger partial charge in [-0.3, -0.25) is 0 Å². The molecular weight excluding hydrogens is 288 g/mol. The minimum absolute atomic E-state index is 0.0840. The van der Waals surface area contributed by atoms with E-state index in [1.165, 1.54) is 0 Å². The molecule has 0 fully saturated rings. The number of hydrogen-bond donors (Lipinski definition) is 3. The first-order valence-corrected chi connectivity index (χ1v) is 7.72. The van der Waals surface area contributed by atoms with Crippen molar-refractivity contribution in [2.75, 3.05) is 46.8 Å². The van der Waals surface area contributed by atoms with E-state index in [1.54, 1.807) is 7.11 Å². The van der Waals surface area contributed by atoms with E-state index in [2.05, 4.69) is 20.8 Å². The third kappa shape index (κ3) is 8.41. The van der Waals surface area contributed by atoms with E-state index in [9.17, 15) is 15.3 Å². The Morgan fingerprint density at radius 1 is 0.727 bits per heavy atom. The highest BCUT2D eigenvalue weighted by molar-refractivity contribution is 4.80. The molecule has 0 aromatic rings. The van der Waals surface area contributed by atoms with Crippen molar-refractivity contribution in [1.82, 2.24) is 0 Å². The second kappa shape index (κ2) is 9.80. The van der Waals surface area contributed by atoms with E-state index in [0.29, 0.717) is 13.0 Å². The zero-order chi connectivity index (χ0) is 17.3. The molecule has 0 radical (unpaired) electrons. The first-order chi connectivity index (χ1) is 10.2. The minimum Gasteiger partial charge on any atom is -0.396 e. The van der Waals surface area contributed by atoms with Gasteiger partial charge in [-0.15, -0.1) is 0 Å². The highest BCUT2D eigenvalue weighted by Crippen LogP contribution is 2.31. The summed E-state index contributed by atoms with van der Waals surface area (Å²) < 4.78 is 5.04. The molecule has 22 heavy (non-hydrogen) atoms. The summed E-state index contributed by atoms with van der Waals surface area (Å²) in [4.78, 5) is 10.4. The second-order valence-electron chi connectivity index (χ2n) is 7.80. The molecular formula is C16H34O6. The van der Waals surface area contributed by atoms with Crippen LogP contribution in [0.3, 0.4) is 0 Å². The Bertz CT molecular complexity index is 285. The Kier molecular flexibility index (Phi) is 9.69. The lowest BCUT2D eigenvalue weighted by Gasteiger charge is -2.32. The molecule has 0 aromatic heterocycles. The average Bonchev–Trinajstić information content (AvgIpc) is 2.46. The van der Waals surface area contributed by atoms with Crippen LogP contribution < -0.4 is 0 Å². The molecule has 0 bridgehead atoms. The Hall–Kier alpha value is -0.240. The Morgan fingerprint density at radius 2 is 1.27 bits per heavy atom. The molecule has 0 aliphatic heterocycles. The average molecular weight is 322 g/mol. The molecule has 0 saturated heterocycles. The predicted octanol–water partition coefficient (Wildman–Crippen LogP) is 1.38. The summed E-state index contributed by atoms with van der Waals surface area (Å²) >= 11 is 0. The van der Waals surface area contributed by atoms with Crippen LogP contribution in [0.5, 0.6) is 0 Å². The van der Waals surface area contributed by atoms with E-state index in [1.807, 2.05) is 6.92 Å². The largest absolute Gasteiger partial charge is 0.396 e. The first kappa shape index (κ1) is 21.8. The standard InChI is InChI=1S/C16H34O6/c1-14(2,3)6-7-16(9-18,10-19)13-22-21-12-15(4,8-17)11-20-5/h17-19H,6-13H2,1-5H3. The fourth-order valence-corrected chi connectivity index (χ4v) is 1.84. The molecule has 6 heteroatoms. The summed E-state index contributed by atoms with van der Waals surface area (Å²) in [5, 5.41) is 28.6. The van der Waals surface area contributed by atoms with Crippen LogP contribution in [0.25, 0.3) is 0 Å². The molecule has 6 nitrogen and oxygen atoms in total. The van der Waals surface area contributed by atoms with Crippen LogP contribution in [0.15, 0.2) is 0 Å². The smallest absolute Gasteiger partial charge is 0.0922 e. The van der Waals surface area contributed by atoms with Crippen molar-refractivity contribution < 1.29 is 29.8 Å². The third-order valence-electron chi connectivity index (χ3n) is 3.81. The summed E-state index contributed by atoms with van der Waals surface area (Å²) in [5.74, 6) is 0. The Labute approximate surface area is 134 Å². The van der Waals surface area contributed by atoms with E-state index in [-0.39, 0.29) is 38.4 Å². The van der Waals surface area contributed by atoms with Crippen LogP contribution in [-0.2, 0) is 14.5 Å². The number of aliphatic hydroxyl groups is 3. The molecule has 134 valence electrons. The van der Waals surface area contributed by atoms with Gasteiger partial charge in [-0.2, -0.15) is 0 Å². The summed E-state index contributed by atoms with van der Waals surface area (Å²) in [5.41, 5.74) is -1.14. The molecule has 1 unspecified atom stereocenters. The van der Waals surface area contributed by atoms with Gasteiger partial charge in [0.1, 0.15) is 0 Å². The van der Waals surface area contributed by atoms with Crippen molar-refractivity contribution >= 4 is 0 Å². The van der Waals surface area contributed by atoms with Crippen molar-refractivity contribution in [3.05, 3.63) is 0 Å². The molecule has 0 rings (SSSR count). The predicted molar refractivity (Wildman–Crippen MR) is 84.3 cm³/mol. The highest BCUT2D eigenvalue weighted by Gasteiger charge is 2.32.